The molecular formula is C17H23FN2O2. The molecule has 2 N–H and O–H groups in total. The summed E-state index contributed by atoms with van der Waals surface area (Å²) in [6, 6.07) is 6.60. The number of carbonyl (C=O) groups excluding carboxylic acids is 1. The van der Waals surface area contributed by atoms with Crippen LogP contribution in [-0.2, 0) is 0 Å². The average molecular weight is 306 g/mol. The van der Waals surface area contributed by atoms with Gasteiger partial charge in [0.25, 0.3) is 0 Å². The van der Waals surface area contributed by atoms with Crippen molar-refractivity contribution in [3.05, 3.63) is 35.6 Å². The first kappa shape index (κ1) is 15.3. The van der Waals surface area contributed by atoms with E-state index >= 15 is 0 Å². The van der Waals surface area contributed by atoms with Gasteiger partial charge in [-0.3, -0.25) is 0 Å². The monoisotopic (exact) mass is 306 g/mol. The van der Waals surface area contributed by atoms with Gasteiger partial charge in [0.05, 0.1) is 6.10 Å². The first-order valence-corrected chi connectivity index (χ1v) is 8.12. The molecule has 2 aliphatic rings. The number of hydrogen-bond acceptors (Lipinski definition) is 2. The highest BCUT2D eigenvalue weighted by molar-refractivity contribution is 5.74. The van der Waals surface area contributed by atoms with Gasteiger partial charge < -0.3 is 15.3 Å². The number of rotatable bonds is 2. The molecule has 4 nitrogen and oxygen atoms in total. The van der Waals surface area contributed by atoms with E-state index in [1.54, 1.807) is 4.90 Å². The van der Waals surface area contributed by atoms with Crippen LogP contribution in [0.1, 0.15) is 43.6 Å². The molecule has 1 aromatic rings. The number of benzene rings is 1. The minimum Gasteiger partial charge on any atom is -0.391 e. The zero-order chi connectivity index (χ0) is 15.5. The zero-order valence-corrected chi connectivity index (χ0v) is 12.7. The lowest BCUT2D eigenvalue weighted by molar-refractivity contribution is 0.0831. The van der Waals surface area contributed by atoms with Gasteiger partial charge in [0, 0.05) is 25.0 Å². The number of aliphatic hydroxyl groups is 1. The largest absolute Gasteiger partial charge is 0.391 e. The maximum absolute atomic E-state index is 13.1. The van der Waals surface area contributed by atoms with Crippen molar-refractivity contribution < 1.29 is 14.3 Å². The molecule has 1 saturated carbocycles. The number of β-amino-alcohol motifs (C(OH)–C–C–N with tert-alkyl or cyclic N) is 1. The fourth-order valence-corrected chi connectivity index (χ4v) is 3.63. The van der Waals surface area contributed by atoms with Crippen LogP contribution in [0.4, 0.5) is 9.18 Å². The summed E-state index contributed by atoms with van der Waals surface area (Å²) in [6.45, 7) is 1.12. The van der Waals surface area contributed by atoms with E-state index in [1.807, 2.05) is 12.1 Å². The van der Waals surface area contributed by atoms with Crippen molar-refractivity contribution in [2.45, 2.75) is 50.2 Å². The SMILES string of the molecule is O=C(NC1CCCC1c1ccc(F)cc1)N1CCCC(O)C1. The lowest BCUT2D eigenvalue weighted by Crippen LogP contribution is -2.50. The van der Waals surface area contributed by atoms with Crippen molar-refractivity contribution >= 4 is 6.03 Å². The highest BCUT2D eigenvalue weighted by Gasteiger charge is 2.32. The first-order valence-electron chi connectivity index (χ1n) is 8.12. The third-order valence-corrected chi connectivity index (χ3v) is 4.81. The maximum Gasteiger partial charge on any atom is 0.317 e. The van der Waals surface area contributed by atoms with Gasteiger partial charge in [0.15, 0.2) is 0 Å². The highest BCUT2D eigenvalue weighted by Crippen LogP contribution is 2.34. The molecule has 1 aliphatic carbocycles. The molecule has 1 saturated heterocycles. The molecule has 1 aromatic carbocycles. The third kappa shape index (κ3) is 3.40. The standard InChI is InChI=1S/C17H23FN2O2/c18-13-8-6-12(7-9-13)15-4-1-5-16(15)19-17(22)20-10-2-3-14(21)11-20/h6-9,14-16,21H,1-5,10-11H2,(H,19,22). The number of likely N-dealkylation sites (tertiary alicyclic amines) is 1. The Morgan fingerprint density at radius 2 is 1.95 bits per heavy atom. The number of nitrogens with one attached hydrogen (secondary N) is 1. The van der Waals surface area contributed by atoms with Crippen LogP contribution in [0.15, 0.2) is 24.3 Å². The highest BCUT2D eigenvalue weighted by atomic mass is 19.1. The van der Waals surface area contributed by atoms with E-state index in [1.165, 1.54) is 12.1 Å². The lowest BCUT2D eigenvalue weighted by atomic mass is 9.94. The van der Waals surface area contributed by atoms with Crippen LogP contribution in [0.25, 0.3) is 0 Å². The van der Waals surface area contributed by atoms with Crippen LogP contribution < -0.4 is 5.32 Å². The molecule has 0 aromatic heterocycles. The molecule has 22 heavy (non-hydrogen) atoms. The Bertz CT molecular complexity index is 520. The van der Waals surface area contributed by atoms with E-state index in [2.05, 4.69) is 5.32 Å². The van der Waals surface area contributed by atoms with Crippen molar-refractivity contribution in [3.63, 3.8) is 0 Å². The van der Waals surface area contributed by atoms with Crippen LogP contribution in [0.5, 0.6) is 0 Å². The Morgan fingerprint density at radius 3 is 2.68 bits per heavy atom. The molecule has 0 radical (unpaired) electrons. The molecule has 0 bridgehead atoms. The number of hydrogen-bond donors (Lipinski definition) is 2. The lowest BCUT2D eigenvalue weighted by Gasteiger charge is -2.32. The molecule has 5 heteroatoms. The Hall–Kier alpha value is -1.62. The van der Waals surface area contributed by atoms with Gasteiger partial charge in [-0.25, -0.2) is 9.18 Å². The van der Waals surface area contributed by atoms with Gasteiger partial charge in [0.2, 0.25) is 0 Å². The summed E-state index contributed by atoms with van der Waals surface area (Å²) in [5.41, 5.74) is 1.09. The minimum absolute atomic E-state index is 0.0854. The maximum atomic E-state index is 13.1. The Balaban J connectivity index is 1.63. The fourth-order valence-electron chi connectivity index (χ4n) is 3.63. The number of urea groups is 1. The topological polar surface area (TPSA) is 52.6 Å². The van der Waals surface area contributed by atoms with E-state index in [9.17, 15) is 14.3 Å². The quantitative estimate of drug-likeness (QED) is 0.882. The summed E-state index contributed by atoms with van der Waals surface area (Å²) >= 11 is 0. The molecule has 2 fully saturated rings. The second-order valence-corrected chi connectivity index (χ2v) is 6.39. The number of halogens is 1. The van der Waals surface area contributed by atoms with Crippen LogP contribution in [-0.4, -0.2) is 41.3 Å². The number of aliphatic hydroxyl groups excluding tert-OH is 1. The van der Waals surface area contributed by atoms with Gasteiger partial charge in [-0.2, -0.15) is 0 Å². The smallest absolute Gasteiger partial charge is 0.317 e. The molecule has 1 aliphatic heterocycles. The first-order chi connectivity index (χ1) is 10.6. The Labute approximate surface area is 130 Å². The second-order valence-electron chi connectivity index (χ2n) is 6.39. The third-order valence-electron chi connectivity index (χ3n) is 4.81. The normalized spacial score (nSPS) is 28.6. The summed E-state index contributed by atoms with van der Waals surface area (Å²) < 4.78 is 13.1. The van der Waals surface area contributed by atoms with Gasteiger partial charge in [-0.15, -0.1) is 0 Å². The predicted molar refractivity (Wildman–Crippen MR) is 82.1 cm³/mol. The number of nitrogens with zero attached hydrogens (tertiary/aromatic N) is 1. The number of carbonyl (C=O) groups is 1. The van der Waals surface area contributed by atoms with Gasteiger partial charge >= 0.3 is 6.03 Å². The molecule has 3 unspecified atom stereocenters. The van der Waals surface area contributed by atoms with E-state index < -0.39 is 6.10 Å². The van der Waals surface area contributed by atoms with Gasteiger partial charge in [-0.05, 0) is 43.4 Å². The second kappa shape index (κ2) is 6.65. The van der Waals surface area contributed by atoms with Crippen molar-refractivity contribution in [2.24, 2.45) is 0 Å². The summed E-state index contributed by atoms with van der Waals surface area (Å²) in [6.07, 6.45) is 4.24. The van der Waals surface area contributed by atoms with Crippen molar-refractivity contribution in [1.29, 1.82) is 0 Å². The molecule has 3 rings (SSSR count). The van der Waals surface area contributed by atoms with Crippen LogP contribution in [0.3, 0.4) is 0 Å². The Kier molecular flexibility index (Phi) is 4.62. The van der Waals surface area contributed by atoms with Crippen LogP contribution >= 0.6 is 0 Å². The average Bonchev–Trinajstić information content (AvgIpc) is 2.96. The minimum atomic E-state index is -0.407. The van der Waals surface area contributed by atoms with E-state index in [0.717, 1.165) is 37.7 Å². The van der Waals surface area contributed by atoms with E-state index in [4.69, 9.17) is 0 Å². The zero-order valence-electron chi connectivity index (χ0n) is 12.7. The van der Waals surface area contributed by atoms with Crippen LogP contribution in [0, 0.1) is 5.82 Å². The molecule has 120 valence electrons. The molecule has 3 atom stereocenters. The predicted octanol–water partition coefficient (Wildman–Crippen LogP) is 2.63. The number of piperidine rings is 1. The van der Waals surface area contributed by atoms with Crippen LogP contribution in [0.2, 0.25) is 0 Å². The molecule has 1 heterocycles. The van der Waals surface area contributed by atoms with Gasteiger partial charge in [-0.1, -0.05) is 18.6 Å². The van der Waals surface area contributed by atoms with E-state index in [0.29, 0.717) is 13.1 Å². The molecular weight excluding hydrogens is 283 g/mol. The molecule has 2 amide bonds. The van der Waals surface area contributed by atoms with Crippen molar-refractivity contribution in [3.8, 4) is 0 Å². The van der Waals surface area contributed by atoms with Crippen molar-refractivity contribution in [2.75, 3.05) is 13.1 Å². The van der Waals surface area contributed by atoms with Crippen molar-refractivity contribution in [1.82, 2.24) is 10.2 Å². The van der Waals surface area contributed by atoms with Gasteiger partial charge in [0.1, 0.15) is 5.82 Å². The summed E-state index contributed by atoms with van der Waals surface area (Å²) in [4.78, 5) is 14.1. The number of amides is 2. The fraction of sp³-hybridized carbons (Fsp3) is 0.588. The van der Waals surface area contributed by atoms with E-state index in [-0.39, 0.29) is 23.8 Å². The molecule has 0 spiro atoms. The summed E-state index contributed by atoms with van der Waals surface area (Å²) in [5.74, 6) is 0.0175. The Morgan fingerprint density at radius 1 is 1.18 bits per heavy atom. The summed E-state index contributed by atoms with van der Waals surface area (Å²) in [5, 5.41) is 12.8. The summed E-state index contributed by atoms with van der Waals surface area (Å²) in [7, 11) is 0.